The molecule has 1 unspecified atom stereocenters. The summed E-state index contributed by atoms with van der Waals surface area (Å²) in [4.78, 5) is 2.44. The van der Waals surface area contributed by atoms with Gasteiger partial charge in [-0.05, 0) is 30.9 Å². The number of nitrogens with zero attached hydrogens (tertiary/aromatic N) is 3. The molecule has 1 saturated carbocycles. The van der Waals surface area contributed by atoms with Gasteiger partial charge in [0, 0.05) is 38.0 Å². The van der Waals surface area contributed by atoms with Gasteiger partial charge in [0.05, 0.1) is 30.9 Å². The molecule has 118 valence electrons. The largest absolute Gasteiger partial charge is 0.472 e. The van der Waals surface area contributed by atoms with E-state index in [4.69, 9.17) is 9.15 Å². The molecule has 3 heterocycles. The first-order chi connectivity index (χ1) is 10.9. The van der Waals surface area contributed by atoms with Crippen molar-refractivity contribution in [2.75, 3.05) is 19.8 Å². The summed E-state index contributed by atoms with van der Waals surface area (Å²) < 4.78 is 13.3. The van der Waals surface area contributed by atoms with Crippen molar-refractivity contribution in [3.63, 3.8) is 0 Å². The second-order valence-corrected chi connectivity index (χ2v) is 6.56. The van der Waals surface area contributed by atoms with Crippen LogP contribution in [0.4, 0.5) is 0 Å². The van der Waals surface area contributed by atoms with Gasteiger partial charge >= 0.3 is 0 Å². The predicted molar refractivity (Wildman–Crippen MR) is 82.2 cm³/mol. The van der Waals surface area contributed by atoms with Gasteiger partial charge in [0.1, 0.15) is 0 Å². The summed E-state index contributed by atoms with van der Waals surface area (Å²) in [5, 5.41) is 4.49. The van der Waals surface area contributed by atoms with Gasteiger partial charge in [-0.25, -0.2) is 0 Å². The van der Waals surface area contributed by atoms with Crippen LogP contribution < -0.4 is 0 Å². The standard InChI is InChI=1S/C17H23N3O2/c1-2-14(3-1)11-22-13-17-10-19(8-15-5-7-21-12-15)9-16-4-6-18-20(16)17/h4-7,12,14,17H,1-3,8-11,13H2. The van der Waals surface area contributed by atoms with E-state index in [0.29, 0.717) is 6.04 Å². The summed E-state index contributed by atoms with van der Waals surface area (Å²) >= 11 is 0. The zero-order valence-corrected chi connectivity index (χ0v) is 12.9. The van der Waals surface area contributed by atoms with Crippen LogP contribution in [0.5, 0.6) is 0 Å². The second-order valence-electron chi connectivity index (χ2n) is 6.56. The topological polar surface area (TPSA) is 43.4 Å². The minimum absolute atomic E-state index is 0.311. The fraction of sp³-hybridized carbons (Fsp3) is 0.588. The highest BCUT2D eigenvalue weighted by atomic mass is 16.5. The van der Waals surface area contributed by atoms with Crippen LogP contribution in [0, 0.1) is 5.92 Å². The molecule has 2 aliphatic rings. The molecule has 0 aromatic carbocycles. The third kappa shape index (κ3) is 2.96. The number of aromatic nitrogens is 2. The molecule has 2 aromatic heterocycles. The number of ether oxygens (including phenoxy) is 1. The Kier molecular flexibility index (Phi) is 3.99. The SMILES string of the molecule is c1cc2n(n1)C(COCC1CCC1)CN(Cc1ccoc1)C2. The summed E-state index contributed by atoms with van der Waals surface area (Å²) in [5.74, 6) is 0.794. The molecule has 1 aliphatic heterocycles. The van der Waals surface area contributed by atoms with Crippen molar-refractivity contribution < 1.29 is 9.15 Å². The summed E-state index contributed by atoms with van der Waals surface area (Å²) in [5.41, 5.74) is 2.49. The number of rotatable bonds is 6. The van der Waals surface area contributed by atoms with E-state index in [-0.39, 0.29) is 0 Å². The third-order valence-corrected chi connectivity index (χ3v) is 4.83. The molecule has 1 atom stereocenters. The van der Waals surface area contributed by atoms with Crippen LogP contribution in [-0.4, -0.2) is 34.4 Å². The summed E-state index contributed by atoms with van der Waals surface area (Å²) in [7, 11) is 0. The average molecular weight is 301 g/mol. The molecule has 0 bridgehead atoms. The maximum atomic E-state index is 5.98. The molecule has 5 heteroatoms. The first-order valence-corrected chi connectivity index (χ1v) is 8.22. The quantitative estimate of drug-likeness (QED) is 0.823. The summed E-state index contributed by atoms with van der Waals surface area (Å²) in [6, 6.07) is 4.46. The Balaban J connectivity index is 1.38. The Bertz CT molecular complexity index is 589. The van der Waals surface area contributed by atoms with Crippen LogP contribution in [-0.2, 0) is 17.8 Å². The highest BCUT2D eigenvalue weighted by Crippen LogP contribution is 2.27. The van der Waals surface area contributed by atoms with Crippen molar-refractivity contribution in [1.82, 2.24) is 14.7 Å². The van der Waals surface area contributed by atoms with Crippen molar-refractivity contribution in [3.05, 3.63) is 42.1 Å². The highest BCUT2D eigenvalue weighted by molar-refractivity contribution is 5.09. The van der Waals surface area contributed by atoms with Gasteiger partial charge in [-0.15, -0.1) is 0 Å². The molecular formula is C17H23N3O2. The van der Waals surface area contributed by atoms with Gasteiger partial charge in [-0.2, -0.15) is 5.10 Å². The van der Waals surface area contributed by atoms with Gasteiger partial charge < -0.3 is 9.15 Å². The van der Waals surface area contributed by atoms with E-state index in [1.54, 1.807) is 6.26 Å². The van der Waals surface area contributed by atoms with E-state index in [0.717, 1.165) is 38.8 Å². The molecule has 0 N–H and O–H groups in total. The fourth-order valence-corrected chi connectivity index (χ4v) is 3.38. The van der Waals surface area contributed by atoms with Crippen LogP contribution in [0.15, 0.2) is 35.3 Å². The first-order valence-electron chi connectivity index (χ1n) is 8.22. The molecule has 0 amide bonds. The maximum Gasteiger partial charge on any atom is 0.0947 e. The Morgan fingerprint density at radius 1 is 1.27 bits per heavy atom. The number of hydrogen-bond donors (Lipinski definition) is 0. The zero-order valence-electron chi connectivity index (χ0n) is 12.9. The van der Waals surface area contributed by atoms with Crippen molar-refractivity contribution in [2.24, 2.45) is 5.92 Å². The number of fused-ring (bicyclic) bond motifs is 1. The molecule has 0 radical (unpaired) electrons. The molecule has 1 fully saturated rings. The lowest BCUT2D eigenvalue weighted by Crippen LogP contribution is -2.39. The molecular weight excluding hydrogens is 278 g/mol. The fourth-order valence-electron chi connectivity index (χ4n) is 3.38. The molecule has 2 aromatic rings. The minimum atomic E-state index is 0.311. The van der Waals surface area contributed by atoms with E-state index in [1.165, 1.54) is 30.5 Å². The summed E-state index contributed by atoms with van der Waals surface area (Å²) in [6.07, 6.45) is 9.51. The van der Waals surface area contributed by atoms with E-state index in [1.807, 2.05) is 18.5 Å². The molecule has 0 saturated heterocycles. The number of furan rings is 1. The van der Waals surface area contributed by atoms with Gasteiger partial charge in [0.25, 0.3) is 0 Å². The third-order valence-electron chi connectivity index (χ3n) is 4.83. The summed E-state index contributed by atoms with van der Waals surface area (Å²) in [6.45, 7) is 4.50. The van der Waals surface area contributed by atoms with Crippen LogP contribution in [0.3, 0.4) is 0 Å². The number of hydrogen-bond acceptors (Lipinski definition) is 4. The van der Waals surface area contributed by atoms with E-state index >= 15 is 0 Å². The normalized spacial score (nSPS) is 22.5. The van der Waals surface area contributed by atoms with Crippen LogP contribution in [0.1, 0.15) is 36.6 Å². The molecule has 4 rings (SSSR count). The highest BCUT2D eigenvalue weighted by Gasteiger charge is 2.26. The van der Waals surface area contributed by atoms with E-state index < -0.39 is 0 Å². The van der Waals surface area contributed by atoms with Gasteiger partial charge in [-0.1, -0.05) is 6.42 Å². The van der Waals surface area contributed by atoms with Gasteiger partial charge in [0.2, 0.25) is 0 Å². The first kappa shape index (κ1) is 14.0. The Morgan fingerprint density at radius 2 is 2.23 bits per heavy atom. The van der Waals surface area contributed by atoms with Crippen LogP contribution in [0.25, 0.3) is 0 Å². The van der Waals surface area contributed by atoms with Crippen molar-refractivity contribution in [2.45, 2.75) is 38.4 Å². The Hall–Kier alpha value is -1.59. The van der Waals surface area contributed by atoms with Crippen molar-refractivity contribution in [1.29, 1.82) is 0 Å². The Labute approximate surface area is 130 Å². The van der Waals surface area contributed by atoms with Gasteiger partial charge in [0.15, 0.2) is 0 Å². The molecule has 22 heavy (non-hydrogen) atoms. The average Bonchev–Trinajstić information content (AvgIpc) is 3.12. The lowest BCUT2D eigenvalue weighted by Gasteiger charge is -2.34. The smallest absolute Gasteiger partial charge is 0.0947 e. The van der Waals surface area contributed by atoms with Gasteiger partial charge in [-0.3, -0.25) is 9.58 Å². The van der Waals surface area contributed by atoms with Crippen molar-refractivity contribution >= 4 is 0 Å². The van der Waals surface area contributed by atoms with E-state index in [2.05, 4.69) is 20.7 Å². The predicted octanol–water partition coefficient (Wildman–Crippen LogP) is 2.85. The maximum absolute atomic E-state index is 5.98. The minimum Gasteiger partial charge on any atom is -0.472 e. The second kappa shape index (κ2) is 6.26. The van der Waals surface area contributed by atoms with Crippen LogP contribution >= 0.6 is 0 Å². The zero-order chi connectivity index (χ0) is 14.8. The monoisotopic (exact) mass is 301 g/mol. The Morgan fingerprint density at radius 3 is 3.00 bits per heavy atom. The molecule has 1 aliphatic carbocycles. The lowest BCUT2D eigenvalue weighted by molar-refractivity contribution is 0.0283. The van der Waals surface area contributed by atoms with Crippen molar-refractivity contribution in [3.8, 4) is 0 Å². The van der Waals surface area contributed by atoms with E-state index in [9.17, 15) is 0 Å². The molecule has 5 nitrogen and oxygen atoms in total. The lowest BCUT2D eigenvalue weighted by atomic mass is 9.86. The van der Waals surface area contributed by atoms with Crippen LogP contribution in [0.2, 0.25) is 0 Å². The molecule has 0 spiro atoms.